The van der Waals surface area contributed by atoms with Gasteiger partial charge in [0.2, 0.25) is 0 Å². The minimum atomic E-state index is -0.305. The topological polar surface area (TPSA) is 58.6 Å². The maximum Gasteiger partial charge on any atom is 0.409 e. The first-order valence-electron chi connectivity index (χ1n) is 7.31. The summed E-state index contributed by atoms with van der Waals surface area (Å²) in [6.45, 7) is 5.16. The molecule has 0 saturated carbocycles. The zero-order valence-electron chi connectivity index (χ0n) is 13.0. The van der Waals surface area contributed by atoms with Crippen molar-refractivity contribution in [3.8, 4) is 0 Å². The van der Waals surface area contributed by atoms with Crippen LogP contribution in [0.4, 0.5) is 4.79 Å². The fourth-order valence-electron chi connectivity index (χ4n) is 2.69. The van der Waals surface area contributed by atoms with Crippen LogP contribution in [0, 0.1) is 12.8 Å². The molecule has 2 rings (SSSR count). The number of hydrogen-bond acceptors (Lipinski definition) is 4. The molecule has 1 saturated heterocycles. The first-order valence-corrected chi connectivity index (χ1v) is 8.57. The predicted molar refractivity (Wildman–Crippen MR) is 87.7 cm³/mol. The molecular formula is C15H21ClN2O3S. The third-order valence-electron chi connectivity index (χ3n) is 4.06. The van der Waals surface area contributed by atoms with Crippen molar-refractivity contribution in [1.82, 2.24) is 10.2 Å². The van der Waals surface area contributed by atoms with E-state index in [0.717, 1.165) is 18.4 Å². The quantitative estimate of drug-likeness (QED) is 0.915. The number of methoxy groups -OCH3 is 1. The minimum Gasteiger partial charge on any atom is -0.453 e. The maximum absolute atomic E-state index is 12.3. The lowest BCUT2D eigenvalue weighted by atomic mass is 9.91. The van der Waals surface area contributed by atoms with E-state index >= 15 is 0 Å². The molecule has 2 heterocycles. The maximum atomic E-state index is 12.3. The molecule has 0 unspecified atom stereocenters. The van der Waals surface area contributed by atoms with E-state index in [2.05, 4.69) is 5.32 Å². The van der Waals surface area contributed by atoms with E-state index in [4.69, 9.17) is 16.3 Å². The van der Waals surface area contributed by atoms with Crippen molar-refractivity contribution in [2.45, 2.75) is 32.7 Å². The van der Waals surface area contributed by atoms with E-state index in [1.807, 2.05) is 19.2 Å². The van der Waals surface area contributed by atoms with Crippen molar-refractivity contribution >= 4 is 34.9 Å². The SMILES string of the molecule is COC(=O)N1CCC[C@@H]([C@H](C)NC(=O)c2scc(C)c2Cl)C1. The molecule has 122 valence electrons. The van der Waals surface area contributed by atoms with Crippen LogP contribution in [0.15, 0.2) is 5.38 Å². The smallest absolute Gasteiger partial charge is 0.409 e. The largest absolute Gasteiger partial charge is 0.453 e. The van der Waals surface area contributed by atoms with Gasteiger partial charge in [-0.1, -0.05) is 11.6 Å². The number of amides is 2. The highest BCUT2D eigenvalue weighted by atomic mass is 35.5. The summed E-state index contributed by atoms with van der Waals surface area (Å²) < 4.78 is 4.77. The van der Waals surface area contributed by atoms with Crippen molar-refractivity contribution in [3.05, 3.63) is 20.8 Å². The predicted octanol–water partition coefficient (Wildman–Crippen LogP) is 3.31. The summed E-state index contributed by atoms with van der Waals surface area (Å²) in [5, 5.41) is 5.41. The number of likely N-dealkylation sites (tertiary alicyclic amines) is 1. The number of aryl methyl sites for hydroxylation is 1. The number of hydrogen-bond donors (Lipinski definition) is 1. The standard InChI is InChI=1S/C15H21ClN2O3S/c1-9-8-22-13(12(9)16)14(19)17-10(2)11-5-4-6-18(7-11)15(20)21-3/h8,10-11H,4-7H2,1-3H3,(H,17,19)/t10-,11+/m0/s1. The molecule has 2 amide bonds. The van der Waals surface area contributed by atoms with Crippen molar-refractivity contribution in [3.63, 3.8) is 0 Å². The van der Waals surface area contributed by atoms with Gasteiger partial charge in [0.15, 0.2) is 0 Å². The highest BCUT2D eigenvalue weighted by Crippen LogP contribution is 2.27. The molecule has 7 heteroatoms. The van der Waals surface area contributed by atoms with Gasteiger partial charge >= 0.3 is 6.09 Å². The zero-order chi connectivity index (χ0) is 16.3. The molecule has 22 heavy (non-hydrogen) atoms. The van der Waals surface area contributed by atoms with Crippen molar-refractivity contribution in [1.29, 1.82) is 0 Å². The number of nitrogens with zero attached hydrogens (tertiary/aromatic N) is 1. The Morgan fingerprint density at radius 1 is 1.55 bits per heavy atom. The lowest BCUT2D eigenvalue weighted by Crippen LogP contribution is -2.47. The molecule has 1 fully saturated rings. The van der Waals surface area contributed by atoms with Gasteiger partial charge in [-0.25, -0.2) is 4.79 Å². The van der Waals surface area contributed by atoms with Gasteiger partial charge in [-0.05, 0) is 43.6 Å². The summed E-state index contributed by atoms with van der Waals surface area (Å²) in [6, 6.07) is -0.0292. The molecule has 0 aliphatic carbocycles. The Labute approximate surface area is 139 Å². The van der Waals surface area contributed by atoms with Crippen LogP contribution in [-0.4, -0.2) is 43.1 Å². The Morgan fingerprint density at radius 2 is 2.27 bits per heavy atom. The monoisotopic (exact) mass is 344 g/mol. The summed E-state index contributed by atoms with van der Waals surface area (Å²) >= 11 is 7.49. The van der Waals surface area contributed by atoms with Crippen molar-refractivity contribution < 1.29 is 14.3 Å². The summed E-state index contributed by atoms with van der Waals surface area (Å²) in [5.41, 5.74) is 0.916. The Bertz CT molecular complexity index is 561. The number of carbonyl (C=O) groups excluding carboxylic acids is 2. The van der Waals surface area contributed by atoms with Gasteiger partial charge in [-0.15, -0.1) is 11.3 Å². The average Bonchev–Trinajstić information content (AvgIpc) is 2.86. The molecule has 2 atom stereocenters. The molecule has 1 aromatic rings. The van der Waals surface area contributed by atoms with Gasteiger partial charge < -0.3 is 15.0 Å². The third kappa shape index (κ3) is 3.73. The number of rotatable bonds is 3. The van der Waals surface area contributed by atoms with Crippen LogP contribution in [0.25, 0.3) is 0 Å². The first-order chi connectivity index (χ1) is 10.4. The van der Waals surface area contributed by atoms with Crippen LogP contribution in [0.1, 0.15) is 35.0 Å². The van der Waals surface area contributed by atoms with Crippen LogP contribution in [0.3, 0.4) is 0 Å². The third-order valence-corrected chi connectivity index (χ3v) is 5.76. The van der Waals surface area contributed by atoms with E-state index in [9.17, 15) is 9.59 Å². The molecular weight excluding hydrogens is 324 g/mol. The second kappa shape index (κ2) is 7.33. The minimum absolute atomic E-state index is 0.0292. The summed E-state index contributed by atoms with van der Waals surface area (Å²) in [7, 11) is 1.39. The van der Waals surface area contributed by atoms with Gasteiger partial charge in [0, 0.05) is 19.1 Å². The molecule has 5 nitrogen and oxygen atoms in total. The summed E-state index contributed by atoms with van der Waals surface area (Å²) in [4.78, 5) is 26.2. The normalized spacial score (nSPS) is 19.6. The number of nitrogens with one attached hydrogen (secondary N) is 1. The van der Waals surface area contributed by atoms with Crippen LogP contribution in [-0.2, 0) is 4.74 Å². The Morgan fingerprint density at radius 3 is 2.86 bits per heavy atom. The van der Waals surface area contributed by atoms with Crippen LogP contribution >= 0.6 is 22.9 Å². The average molecular weight is 345 g/mol. The second-order valence-electron chi connectivity index (χ2n) is 5.64. The fraction of sp³-hybridized carbons (Fsp3) is 0.600. The van der Waals surface area contributed by atoms with Gasteiger partial charge in [-0.3, -0.25) is 4.79 Å². The lowest BCUT2D eigenvalue weighted by molar-refractivity contribution is 0.0854. The Kier molecular flexibility index (Phi) is 5.69. The highest BCUT2D eigenvalue weighted by molar-refractivity contribution is 7.13. The molecule has 0 radical (unpaired) electrons. The molecule has 0 bridgehead atoms. The molecule has 1 aliphatic heterocycles. The van der Waals surface area contributed by atoms with E-state index in [-0.39, 0.29) is 24.0 Å². The van der Waals surface area contributed by atoms with Gasteiger partial charge in [0.1, 0.15) is 4.88 Å². The summed E-state index contributed by atoms with van der Waals surface area (Å²) in [5.74, 6) is 0.0717. The van der Waals surface area contributed by atoms with Crippen LogP contribution in [0.2, 0.25) is 5.02 Å². The van der Waals surface area contributed by atoms with E-state index in [1.165, 1.54) is 18.4 Å². The number of ether oxygens (including phenoxy) is 1. The summed E-state index contributed by atoms with van der Waals surface area (Å²) in [6.07, 6.45) is 1.59. The number of piperidine rings is 1. The zero-order valence-corrected chi connectivity index (χ0v) is 14.6. The van der Waals surface area contributed by atoms with Crippen LogP contribution < -0.4 is 5.32 Å². The van der Waals surface area contributed by atoms with E-state index in [0.29, 0.717) is 23.0 Å². The lowest BCUT2D eigenvalue weighted by Gasteiger charge is -2.35. The number of carbonyl (C=O) groups is 2. The first kappa shape index (κ1) is 17.1. The number of halogens is 1. The van der Waals surface area contributed by atoms with E-state index < -0.39 is 0 Å². The molecule has 0 aromatic carbocycles. The fourth-order valence-corrected chi connectivity index (χ4v) is 3.87. The molecule has 1 N–H and O–H groups in total. The molecule has 1 aliphatic rings. The Balaban J connectivity index is 1.96. The van der Waals surface area contributed by atoms with E-state index in [1.54, 1.807) is 4.90 Å². The van der Waals surface area contributed by atoms with Gasteiger partial charge in [0.05, 0.1) is 12.1 Å². The number of thiophene rings is 1. The molecule has 1 aromatic heterocycles. The van der Waals surface area contributed by atoms with Gasteiger partial charge in [-0.2, -0.15) is 0 Å². The molecule has 0 spiro atoms. The van der Waals surface area contributed by atoms with Crippen molar-refractivity contribution in [2.24, 2.45) is 5.92 Å². The van der Waals surface area contributed by atoms with Crippen LogP contribution in [0.5, 0.6) is 0 Å². The highest BCUT2D eigenvalue weighted by Gasteiger charge is 2.29. The Hall–Kier alpha value is -1.27. The van der Waals surface area contributed by atoms with Gasteiger partial charge in [0.25, 0.3) is 5.91 Å². The second-order valence-corrected chi connectivity index (χ2v) is 6.90. The van der Waals surface area contributed by atoms with Crippen molar-refractivity contribution in [2.75, 3.05) is 20.2 Å².